The van der Waals surface area contributed by atoms with Crippen LogP contribution in [-0.4, -0.2) is 7.11 Å². The van der Waals surface area contributed by atoms with Crippen LogP contribution in [0.5, 0.6) is 0 Å². The van der Waals surface area contributed by atoms with E-state index in [0.29, 0.717) is 11.5 Å². The number of benzene rings is 3. The summed E-state index contributed by atoms with van der Waals surface area (Å²) in [4.78, 5) is 0. The highest BCUT2D eigenvalue weighted by Gasteiger charge is 2.18. The Morgan fingerprint density at radius 1 is 0.808 bits per heavy atom. The fraction of sp³-hybridized carbons (Fsp3) is 0.0417. The molecule has 0 spiro atoms. The fourth-order valence-electron chi connectivity index (χ4n) is 2.94. The fourth-order valence-corrected chi connectivity index (χ4v) is 2.94. The molecule has 0 N–H and O–H groups in total. The van der Waals surface area contributed by atoms with Gasteiger partial charge in [0.15, 0.2) is 11.5 Å². The van der Waals surface area contributed by atoms with Crippen LogP contribution in [0.1, 0.15) is 22.3 Å². The van der Waals surface area contributed by atoms with E-state index < -0.39 is 0 Å². The van der Waals surface area contributed by atoms with Crippen LogP contribution in [0.25, 0.3) is 23.4 Å². The summed E-state index contributed by atoms with van der Waals surface area (Å²) in [6, 6.07) is 28.1. The Morgan fingerprint density at radius 3 is 2.19 bits per heavy atom. The Hall–Kier alpha value is -3.48. The molecule has 3 aromatic rings. The van der Waals surface area contributed by atoms with Crippen LogP contribution >= 0.6 is 0 Å². The van der Waals surface area contributed by atoms with Crippen molar-refractivity contribution in [3.8, 4) is 0 Å². The molecule has 2 heteroatoms. The minimum atomic E-state index is 0.643. The summed E-state index contributed by atoms with van der Waals surface area (Å²) in [6.45, 7) is 0. The first-order chi connectivity index (χ1) is 12.8. The van der Waals surface area contributed by atoms with E-state index in [1.807, 2.05) is 78.9 Å². The van der Waals surface area contributed by atoms with Gasteiger partial charge in [-0.25, -0.2) is 0 Å². The average molecular weight is 338 g/mol. The minimum absolute atomic E-state index is 0.643. The third kappa shape index (κ3) is 3.19. The summed E-state index contributed by atoms with van der Waals surface area (Å²) in [5.74, 6) is 2.10. The van der Waals surface area contributed by atoms with Crippen molar-refractivity contribution in [2.75, 3.05) is 7.11 Å². The third-order valence-electron chi connectivity index (χ3n) is 4.23. The van der Waals surface area contributed by atoms with Crippen LogP contribution < -0.4 is 0 Å². The van der Waals surface area contributed by atoms with Gasteiger partial charge in [0.25, 0.3) is 0 Å². The molecule has 126 valence electrons. The molecular formula is C24H18O2. The molecule has 0 saturated carbocycles. The highest BCUT2D eigenvalue weighted by Crippen LogP contribution is 2.35. The van der Waals surface area contributed by atoms with Gasteiger partial charge in [0.1, 0.15) is 5.76 Å². The monoisotopic (exact) mass is 338 g/mol. The zero-order chi connectivity index (χ0) is 17.8. The number of fused-ring (bicyclic) bond motifs is 1. The molecule has 0 aromatic heterocycles. The molecule has 0 unspecified atom stereocenters. The Morgan fingerprint density at radius 2 is 1.46 bits per heavy atom. The molecule has 0 saturated heterocycles. The topological polar surface area (TPSA) is 18.5 Å². The number of ether oxygens (including phenoxy) is 2. The lowest BCUT2D eigenvalue weighted by Gasteiger charge is -2.19. The van der Waals surface area contributed by atoms with E-state index in [1.165, 1.54) is 0 Å². The number of hydrogen-bond donors (Lipinski definition) is 0. The summed E-state index contributed by atoms with van der Waals surface area (Å²) < 4.78 is 11.8. The van der Waals surface area contributed by atoms with Crippen LogP contribution in [0.2, 0.25) is 0 Å². The molecule has 3 aromatic carbocycles. The first kappa shape index (κ1) is 16.0. The molecule has 1 aliphatic heterocycles. The molecule has 4 rings (SSSR count). The Kier molecular flexibility index (Phi) is 4.42. The van der Waals surface area contributed by atoms with Gasteiger partial charge < -0.3 is 9.47 Å². The summed E-state index contributed by atoms with van der Waals surface area (Å²) in [6.07, 6.45) is 2.06. The maximum absolute atomic E-state index is 6.22. The van der Waals surface area contributed by atoms with Crippen molar-refractivity contribution in [3.05, 3.63) is 113 Å². The van der Waals surface area contributed by atoms with Crippen LogP contribution in [0.3, 0.4) is 0 Å². The normalized spacial score (nSPS) is 12.3. The highest BCUT2D eigenvalue weighted by atomic mass is 16.5. The number of hydrogen-bond acceptors (Lipinski definition) is 2. The molecule has 0 aliphatic carbocycles. The van der Waals surface area contributed by atoms with Gasteiger partial charge in [-0.05, 0) is 23.4 Å². The average Bonchev–Trinajstić information content (AvgIpc) is 2.73. The van der Waals surface area contributed by atoms with E-state index in [-0.39, 0.29) is 0 Å². The molecule has 1 heterocycles. The Balaban J connectivity index is 1.89. The first-order valence-electron chi connectivity index (χ1n) is 8.50. The lowest BCUT2D eigenvalue weighted by molar-refractivity contribution is 0.370. The van der Waals surface area contributed by atoms with Gasteiger partial charge in [-0.2, -0.15) is 0 Å². The number of rotatable bonds is 3. The van der Waals surface area contributed by atoms with Gasteiger partial charge in [-0.1, -0.05) is 78.9 Å². The van der Waals surface area contributed by atoms with Crippen molar-refractivity contribution in [2.24, 2.45) is 0 Å². The van der Waals surface area contributed by atoms with E-state index in [2.05, 4.69) is 17.9 Å². The summed E-state index contributed by atoms with van der Waals surface area (Å²) in [5.41, 5.74) is 7.41. The van der Waals surface area contributed by atoms with Crippen LogP contribution in [0.4, 0.5) is 0 Å². The maximum atomic E-state index is 6.22. The van der Waals surface area contributed by atoms with Gasteiger partial charge in [-0.3, -0.25) is 0 Å². The van der Waals surface area contributed by atoms with Gasteiger partial charge in [0.2, 0.25) is 0 Å². The lowest BCUT2D eigenvalue weighted by Crippen LogP contribution is -2.01. The summed E-state index contributed by atoms with van der Waals surface area (Å²) in [7, 11) is 1.65. The van der Waals surface area contributed by atoms with Gasteiger partial charge in [0.05, 0.1) is 7.11 Å². The molecule has 1 aliphatic rings. The van der Waals surface area contributed by atoms with E-state index in [4.69, 9.17) is 9.47 Å². The highest BCUT2D eigenvalue weighted by molar-refractivity contribution is 5.89. The van der Waals surface area contributed by atoms with Crippen molar-refractivity contribution in [1.82, 2.24) is 0 Å². The van der Waals surface area contributed by atoms with Gasteiger partial charge in [0, 0.05) is 16.7 Å². The molecule has 0 bridgehead atoms. The van der Waals surface area contributed by atoms with Crippen molar-refractivity contribution >= 4 is 23.4 Å². The van der Waals surface area contributed by atoms with Crippen molar-refractivity contribution in [1.29, 1.82) is 0 Å². The van der Waals surface area contributed by atoms with Crippen LogP contribution in [0.15, 0.2) is 90.7 Å². The number of methoxy groups -OCH3 is 1. The van der Waals surface area contributed by atoms with E-state index >= 15 is 0 Å². The largest absolute Gasteiger partial charge is 0.488 e. The Bertz CT molecular complexity index is 1010. The first-order valence-corrected chi connectivity index (χ1v) is 8.50. The Labute approximate surface area is 153 Å². The third-order valence-corrected chi connectivity index (χ3v) is 4.23. The molecule has 0 atom stereocenters. The quantitative estimate of drug-likeness (QED) is 0.441. The zero-order valence-corrected chi connectivity index (χ0v) is 14.5. The van der Waals surface area contributed by atoms with Gasteiger partial charge in [-0.15, -0.1) is 0 Å². The predicted molar refractivity (Wildman–Crippen MR) is 106 cm³/mol. The van der Waals surface area contributed by atoms with Crippen molar-refractivity contribution in [3.63, 3.8) is 0 Å². The smallest absolute Gasteiger partial charge is 0.181 e. The predicted octanol–water partition coefficient (Wildman–Crippen LogP) is 5.84. The molecule has 0 radical (unpaired) electrons. The SMILES string of the molecule is COC(=C=C1OC(c2ccccc2)=Cc2ccccc21)c1ccccc1. The molecular weight excluding hydrogens is 320 g/mol. The van der Waals surface area contributed by atoms with Gasteiger partial charge >= 0.3 is 0 Å². The molecule has 2 nitrogen and oxygen atoms in total. The standard InChI is InChI=1S/C24H18O2/c1-25-22(18-10-4-2-5-11-18)17-24-21-15-9-8-14-20(21)16-23(26-24)19-12-6-3-7-13-19/h2-16H,1H3. The summed E-state index contributed by atoms with van der Waals surface area (Å²) in [5, 5.41) is 0. The van der Waals surface area contributed by atoms with Crippen molar-refractivity contribution < 1.29 is 9.47 Å². The van der Waals surface area contributed by atoms with Crippen molar-refractivity contribution in [2.45, 2.75) is 0 Å². The van der Waals surface area contributed by atoms with Crippen LogP contribution in [-0.2, 0) is 9.47 Å². The van der Waals surface area contributed by atoms with E-state index in [1.54, 1.807) is 7.11 Å². The van der Waals surface area contributed by atoms with Crippen LogP contribution in [0, 0.1) is 0 Å². The summed E-state index contributed by atoms with van der Waals surface area (Å²) >= 11 is 0. The second kappa shape index (κ2) is 7.18. The molecule has 0 fully saturated rings. The molecule has 0 amide bonds. The van der Waals surface area contributed by atoms with E-state index in [9.17, 15) is 0 Å². The van der Waals surface area contributed by atoms with E-state index in [0.717, 1.165) is 28.0 Å². The zero-order valence-electron chi connectivity index (χ0n) is 14.5. The molecule has 26 heavy (non-hydrogen) atoms. The lowest BCUT2D eigenvalue weighted by atomic mass is 10.0. The maximum Gasteiger partial charge on any atom is 0.181 e. The second-order valence-electron chi connectivity index (χ2n) is 5.92. The minimum Gasteiger partial charge on any atom is -0.488 e. The second-order valence-corrected chi connectivity index (χ2v) is 5.92.